The molecule has 0 radical (unpaired) electrons. The van der Waals surface area contributed by atoms with Crippen molar-refractivity contribution in [2.24, 2.45) is 0 Å². The molecule has 1 saturated heterocycles. The van der Waals surface area contributed by atoms with E-state index >= 15 is 0 Å². The van der Waals surface area contributed by atoms with Gasteiger partial charge in [0.2, 0.25) is 0 Å². The lowest BCUT2D eigenvalue weighted by Gasteiger charge is -2.40. The Labute approximate surface area is 129 Å². The van der Waals surface area contributed by atoms with E-state index in [1.807, 2.05) is 18.2 Å². The van der Waals surface area contributed by atoms with Gasteiger partial charge >= 0.3 is 0 Å². The highest BCUT2D eigenvalue weighted by Gasteiger charge is 2.29. The van der Waals surface area contributed by atoms with Crippen LogP contribution < -0.4 is 4.74 Å². The Morgan fingerprint density at radius 3 is 2.85 bits per heavy atom. The molecule has 2 rings (SSSR count). The van der Waals surface area contributed by atoms with E-state index < -0.39 is 6.10 Å². The minimum Gasteiger partial charge on any atom is -0.496 e. The topological polar surface area (TPSA) is 35.9 Å². The van der Waals surface area contributed by atoms with Crippen LogP contribution in [0.4, 0.5) is 0 Å². The van der Waals surface area contributed by atoms with Gasteiger partial charge in [0.25, 0.3) is 0 Å². The number of piperazine rings is 1. The third kappa shape index (κ3) is 3.73. The molecular formula is C15H23BrN2O2. The van der Waals surface area contributed by atoms with Gasteiger partial charge in [-0.05, 0) is 37.9 Å². The molecule has 1 aromatic carbocycles. The molecule has 0 bridgehead atoms. The van der Waals surface area contributed by atoms with Crippen molar-refractivity contribution in [1.82, 2.24) is 9.80 Å². The number of methoxy groups -OCH3 is 1. The molecule has 0 aliphatic carbocycles. The Balaban J connectivity index is 2.10. The first kappa shape index (κ1) is 15.8. The van der Waals surface area contributed by atoms with Crippen LogP contribution in [0.2, 0.25) is 0 Å². The zero-order valence-corrected chi connectivity index (χ0v) is 13.9. The van der Waals surface area contributed by atoms with Gasteiger partial charge in [0.15, 0.2) is 0 Å². The van der Waals surface area contributed by atoms with E-state index in [0.29, 0.717) is 6.42 Å². The summed E-state index contributed by atoms with van der Waals surface area (Å²) in [4.78, 5) is 4.52. The molecule has 0 spiro atoms. The molecule has 1 aliphatic rings. The van der Waals surface area contributed by atoms with Crippen molar-refractivity contribution in [3.05, 3.63) is 28.2 Å². The smallest absolute Gasteiger partial charge is 0.122 e. The standard InChI is InChI=1S/C15H23BrN2O2/c1-17-6-7-18(2)13(10-17)14(19)9-11-8-12(16)4-5-15(11)20-3/h4-5,8,13-14,19H,6-7,9-10H2,1-3H3. The fourth-order valence-corrected chi connectivity index (χ4v) is 3.14. The number of hydrogen-bond acceptors (Lipinski definition) is 4. The summed E-state index contributed by atoms with van der Waals surface area (Å²) in [5.41, 5.74) is 1.04. The molecule has 20 heavy (non-hydrogen) atoms. The van der Waals surface area contributed by atoms with E-state index in [1.54, 1.807) is 7.11 Å². The van der Waals surface area contributed by atoms with Crippen molar-refractivity contribution in [1.29, 1.82) is 0 Å². The minimum atomic E-state index is -0.397. The zero-order valence-electron chi connectivity index (χ0n) is 12.3. The molecule has 4 nitrogen and oxygen atoms in total. The van der Waals surface area contributed by atoms with Gasteiger partial charge in [0.1, 0.15) is 5.75 Å². The van der Waals surface area contributed by atoms with E-state index in [0.717, 1.165) is 35.4 Å². The van der Waals surface area contributed by atoms with Crippen LogP contribution in [0.1, 0.15) is 5.56 Å². The van der Waals surface area contributed by atoms with Gasteiger partial charge in [-0.2, -0.15) is 0 Å². The molecule has 5 heteroatoms. The minimum absolute atomic E-state index is 0.164. The van der Waals surface area contributed by atoms with Crippen LogP contribution in [-0.4, -0.2) is 67.9 Å². The van der Waals surface area contributed by atoms with E-state index in [-0.39, 0.29) is 6.04 Å². The molecule has 1 N–H and O–H groups in total. The lowest BCUT2D eigenvalue weighted by molar-refractivity contribution is 0.0150. The molecule has 0 aromatic heterocycles. The van der Waals surface area contributed by atoms with Crippen molar-refractivity contribution >= 4 is 15.9 Å². The van der Waals surface area contributed by atoms with Crippen molar-refractivity contribution in [2.75, 3.05) is 40.8 Å². The van der Waals surface area contributed by atoms with Gasteiger partial charge in [0.05, 0.1) is 13.2 Å². The maximum Gasteiger partial charge on any atom is 0.122 e. The first-order valence-electron chi connectivity index (χ1n) is 6.90. The summed E-state index contributed by atoms with van der Waals surface area (Å²) in [6, 6.07) is 6.07. The molecular weight excluding hydrogens is 320 g/mol. The summed E-state index contributed by atoms with van der Waals surface area (Å²) in [5.74, 6) is 0.832. The summed E-state index contributed by atoms with van der Waals surface area (Å²) < 4.78 is 6.39. The second kappa shape index (κ2) is 6.89. The Morgan fingerprint density at radius 2 is 2.15 bits per heavy atom. The predicted molar refractivity (Wildman–Crippen MR) is 84.3 cm³/mol. The predicted octanol–water partition coefficient (Wildman–Crippen LogP) is 1.61. The van der Waals surface area contributed by atoms with Crippen LogP contribution >= 0.6 is 15.9 Å². The lowest BCUT2D eigenvalue weighted by atomic mass is 9.98. The van der Waals surface area contributed by atoms with Gasteiger partial charge in [0, 0.05) is 36.6 Å². The van der Waals surface area contributed by atoms with Gasteiger partial charge in [-0.25, -0.2) is 0 Å². The number of ether oxygens (including phenoxy) is 1. The largest absolute Gasteiger partial charge is 0.496 e. The molecule has 1 fully saturated rings. The Bertz CT molecular complexity index is 455. The van der Waals surface area contributed by atoms with E-state index in [2.05, 4.69) is 39.8 Å². The number of nitrogens with zero attached hydrogens (tertiary/aromatic N) is 2. The maximum absolute atomic E-state index is 10.6. The van der Waals surface area contributed by atoms with E-state index in [4.69, 9.17) is 4.74 Å². The average Bonchev–Trinajstić information content (AvgIpc) is 2.41. The van der Waals surface area contributed by atoms with Crippen LogP contribution in [0.3, 0.4) is 0 Å². The monoisotopic (exact) mass is 342 g/mol. The number of aliphatic hydroxyl groups is 1. The third-order valence-corrected chi connectivity index (χ3v) is 4.51. The molecule has 2 unspecified atom stereocenters. The van der Waals surface area contributed by atoms with Crippen LogP contribution in [0, 0.1) is 0 Å². The van der Waals surface area contributed by atoms with Gasteiger partial charge in [-0.15, -0.1) is 0 Å². The molecule has 0 amide bonds. The average molecular weight is 343 g/mol. The summed E-state index contributed by atoms with van der Waals surface area (Å²) >= 11 is 3.48. The molecule has 0 saturated carbocycles. The van der Waals surface area contributed by atoms with Crippen LogP contribution in [-0.2, 0) is 6.42 Å². The molecule has 2 atom stereocenters. The number of benzene rings is 1. The van der Waals surface area contributed by atoms with Crippen molar-refractivity contribution in [3.8, 4) is 5.75 Å². The second-order valence-corrected chi connectivity index (χ2v) is 6.45. The zero-order chi connectivity index (χ0) is 14.7. The SMILES string of the molecule is COc1ccc(Br)cc1CC(O)C1CN(C)CCN1C. The summed E-state index contributed by atoms with van der Waals surface area (Å²) in [6.07, 6.45) is 0.205. The van der Waals surface area contributed by atoms with E-state index in [9.17, 15) is 5.11 Å². The normalized spacial score (nSPS) is 22.8. The van der Waals surface area contributed by atoms with Gasteiger partial charge in [-0.3, -0.25) is 4.90 Å². The van der Waals surface area contributed by atoms with Crippen LogP contribution in [0.5, 0.6) is 5.75 Å². The van der Waals surface area contributed by atoms with Crippen molar-refractivity contribution in [2.45, 2.75) is 18.6 Å². The van der Waals surface area contributed by atoms with E-state index in [1.165, 1.54) is 0 Å². The quantitative estimate of drug-likeness (QED) is 0.901. The summed E-state index contributed by atoms with van der Waals surface area (Å²) in [7, 11) is 5.85. The number of hydrogen-bond donors (Lipinski definition) is 1. The maximum atomic E-state index is 10.6. The number of likely N-dealkylation sites (N-methyl/N-ethyl adjacent to an activating group) is 2. The highest BCUT2D eigenvalue weighted by molar-refractivity contribution is 9.10. The summed E-state index contributed by atoms with van der Waals surface area (Å²) in [6.45, 7) is 2.95. The highest BCUT2D eigenvalue weighted by atomic mass is 79.9. The number of rotatable bonds is 4. The number of aliphatic hydroxyl groups excluding tert-OH is 1. The molecule has 1 aliphatic heterocycles. The van der Waals surface area contributed by atoms with Crippen LogP contribution in [0.25, 0.3) is 0 Å². The highest BCUT2D eigenvalue weighted by Crippen LogP contribution is 2.25. The molecule has 1 heterocycles. The van der Waals surface area contributed by atoms with Gasteiger partial charge in [-0.1, -0.05) is 15.9 Å². The van der Waals surface area contributed by atoms with Crippen LogP contribution in [0.15, 0.2) is 22.7 Å². The van der Waals surface area contributed by atoms with Crippen molar-refractivity contribution < 1.29 is 9.84 Å². The second-order valence-electron chi connectivity index (χ2n) is 5.54. The Hall–Kier alpha value is -0.620. The lowest BCUT2D eigenvalue weighted by Crippen LogP contribution is -2.55. The fraction of sp³-hybridized carbons (Fsp3) is 0.600. The number of halogens is 1. The molecule has 1 aromatic rings. The Kier molecular flexibility index (Phi) is 5.43. The summed E-state index contributed by atoms with van der Waals surface area (Å²) in [5, 5.41) is 10.6. The third-order valence-electron chi connectivity index (χ3n) is 4.01. The first-order valence-corrected chi connectivity index (χ1v) is 7.70. The fourth-order valence-electron chi connectivity index (χ4n) is 2.73. The Morgan fingerprint density at radius 1 is 1.40 bits per heavy atom. The van der Waals surface area contributed by atoms with Gasteiger partial charge < -0.3 is 14.7 Å². The van der Waals surface area contributed by atoms with Crippen molar-refractivity contribution in [3.63, 3.8) is 0 Å². The molecule has 112 valence electrons. The first-order chi connectivity index (χ1) is 9.51.